The average Bonchev–Trinajstić information content (AvgIpc) is 2.95. The molecule has 0 aliphatic carbocycles. The number of hydrogen-bond acceptors (Lipinski definition) is 3. The lowest BCUT2D eigenvalue weighted by molar-refractivity contribution is -0.141. The van der Waals surface area contributed by atoms with Gasteiger partial charge >= 0.3 is 6.18 Å². The van der Waals surface area contributed by atoms with Crippen LogP contribution in [-0.2, 0) is 6.18 Å². The van der Waals surface area contributed by atoms with Crippen LogP contribution < -0.4 is 4.74 Å². The van der Waals surface area contributed by atoms with Crippen LogP contribution >= 0.6 is 0 Å². The van der Waals surface area contributed by atoms with Crippen LogP contribution in [0.2, 0.25) is 0 Å². The average molecular weight is 300 g/mol. The standard InChI is InChI=1S/C14H15F3N2O2/c1-9(19-8-7-12(18-19)14(15,16)17)13(20)10-3-5-11(21-2)6-4-10/h3-9,13,20H,1-2H3. The monoisotopic (exact) mass is 300 g/mol. The first-order valence-electron chi connectivity index (χ1n) is 6.27. The molecule has 21 heavy (non-hydrogen) atoms. The molecule has 0 radical (unpaired) electrons. The Morgan fingerprint density at radius 1 is 1.19 bits per heavy atom. The smallest absolute Gasteiger partial charge is 0.435 e. The SMILES string of the molecule is COc1ccc(C(O)C(C)n2ccc(C(F)(F)F)n2)cc1. The zero-order valence-electron chi connectivity index (χ0n) is 11.5. The van der Waals surface area contributed by atoms with Crippen molar-refractivity contribution in [3.05, 3.63) is 47.8 Å². The van der Waals surface area contributed by atoms with E-state index in [1.807, 2.05) is 0 Å². The Bertz CT molecular complexity index is 593. The van der Waals surface area contributed by atoms with Gasteiger partial charge in [-0.1, -0.05) is 12.1 Å². The summed E-state index contributed by atoms with van der Waals surface area (Å²) in [7, 11) is 1.52. The fourth-order valence-corrected chi connectivity index (χ4v) is 1.94. The summed E-state index contributed by atoms with van der Waals surface area (Å²) in [5.41, 5.74) is -0.399. The predicted molar refractivity (Wildman–Crippen MR) is 69.9 cm³/mol. The van der Waals surface area contributed by atoms with Crippen LogP contribution in [0.25, 0.3) is 0 Å². The van der Waals surface area contributed by atoms with Gasteiger partial charge in [-0.15, -0.1) is 0 Å². The molecule has 0 saturated heterocycles. The Hall–Kier alpha value is -2.02. The summed E-state index contributed by atoms with van der Waals surface area (Å²) in [6.45, 7) is 1.60. The highest BCUT2D eigenvalue weighted by Crippen LogP contribution is 2.31. The van der Waals surface area contributed by atoms with E-state index in [0.29, 0.717) is 11.3 Å². The summed E-state index contributed by atoms with van der Waals surface area (Å²) in [5.74, 6) is 0.636. The van der Waals surface area contributed by atoms with Crippen LogP contribution in [0.5, 0.6) is 5.75 Å². The highest BCUT2D eigenvalue weighted by atomic mass is 19.4. The Balaban J connectivity index is 2.18. The number of nitrogens with zero attached hydrogens (tertiary/aromatic N) is 2. The highest BCUT2D eigenvalue weighted by molar-refractivity contribution is 5.28. The topological polar surface area (TPSA) is 47.3 Å². The van der Waals surface area contributed by atoms with Crippen LogP contribution in [0.1, 0.15) is 30.3 Å². The fourth-order valence-electron chi connectivity index (χ4n) is 1.94. The maximum Gasteiger partial charge on any atom is 0.435 e. The first-order valence-corrected chi connectivity index (χ1v) is 6.27. The molecule has 0 saturated carbocycles. The van der Waals surface area contributed by atoms with Gasteiger partial charge < -0.3 is 9.84 Å². The summed E-state index contributed by atoms with van der Waals surface area (Å²) < 4.78 is 43.7. The van der Waals surface area contributed by atoms with Crippen molar-refractivity contribution in [2.24, 2.45) is 0 Å². The summed E-state index contributed by atoms with van der Waals surface area (Å²) in [6.07, 6.45) is -4.26. The molecule has 1 heterocycles. The van der Waals surface area contributed by atoms with Crippen molar-refractivity contribution in [2.45, 2.75) is 25.2 Å². The minimum absolute atomic E-state index is 0.576. The summed E-state index contributed by atoms with van der Waals surface area (Å²) in [5, 5.41) is 13.7. The third-order valence-electron chi connectivity index (χ3n) is 3.23. The lowest BCUT2D eigenvalue weighted by atomic mass is 10.0. The molecule has 2 unspecified atom stereocenters. The molecule has 0 amide bonds. The quantitative estimate of drug-likeness (QED) is 0.943. The van der Waals surface area contributed by atoms with Gasteiger partial charge in [-0.25, -0.2) is 0 Å². The molecule has 1 aromatic heterocycles. The van der Waals surface area contributed by atoms with Gasteiger partial charge in [0.1, 0.15) is 11.9 Å². The number of rotatable bonds is 4. The molecule has 114 valence electrons. The molecule has 0 spiro atoms. The van der Waals surface area contributed by atoms with Crippen molar-refractivity contribution in [3.63, 3.8) is 0 Å². The number of aliphatic hydroxyl groups is 1. The van der Waals surface area contributed by atoms with Gasteiger partial charge in [0, 0.05) is 6.20 Å². The van der Waals surface area contributed by atoms with Gasteiger partial charge in [0.05, 0.1) is 13.2 Å². The zero-order chi connectivity index (χ0) is 15.6. The number of halogens is 3. The van der Waals surface area contributed by atoms with Gasteiger partial charge in [-0.2, -0.15) is 18.3 Å². The molecule has 7 heteroatoms. The molecule has 1 aromatic carbocycles. The molecular weight excluding hydrogens is 285 g/mol. The Morgan fingerprint density at radius 3 is 2.29 bits per heavy atom. The van der Waals surface area contributed by atoms with Crippen molar-refractivity contribution in [2.75, 3.05) is 7.11 Å². The van der Waals surface area contributed by atoms with Gasteiger partial charge in [-0.3, -0.25) is 4.68 Å². The van der Waals surface area contributed by atoms with Crippen LogP contribution in [0.15, 0.2) is 36.5 Å². The number of methoxy groups -OCH3 is 1. The molecule has 1 N–H and O–H groups in total. The lowest BCUT2D eigenvalue weighted by Crippen LogP contribution is -2.16. The van der Waals surface area contributed by atoms with Crippen molar-refractivity contribution in [1.82, 2.24) is 9.78 Å². The third-order valence-corrected chi connectivity index (χ3v) is 3.23. The zero-order valence-corrected chi connectivity index (χ0v) is 11.5. The Morgan fingerprint density at radius 2 is 1.81 bits per heavy atom. The number of ether oxygens (including phenoxy) is 1. The van der Waals surface area contributed by atoms with E-state index >= 15 is 0 Å². The summed E-state index contributed by atoms with van der Waals surface area (Å²) in [4.78, 5) is 0. The van der Waals surface area contributed by atoms with E-state index in [4.69, 9.17) is 4.74 Å². The normalized spacial score (nSPS) is 14.8. The van der Waals surface area contributed by atoms with E-state index in [0.717, 1.165) is 10.7 Å². The molecule has 0 aliphatic rings. The van der Waals surface area contributed by atoms with Gasteiger partial charge in [0.15, 0.2) is 5.69 Å². The van der Waals surface area contributed by atoms with E-state index in [2.05, 4.69) is 5.10 Å². The minimum Gasteiger partial charge on any atom is -0.497 e. The number of benzene rings is 1. The Kier molecular flexibility index (Phi) is 4.22. The summed E-state index contributed by atoms with van der Waals surface area (Å²) >= 11 is 0. The van der Waals surface area contributed by atoms with Crippen molar-refractivity contribution < 1.29 is 23.0 Å². The number of aliphatic hydroxyl groups excluding tert-OH is 1. The van der Waals surface area contributed by atoms with Gasteiger partial charge in [0.25, 0.3) is 0 Å². The van der Waals surface area contributed by atoms with Crippen molar-refractivity contribution >= 4 is 0 Å². The van der Waals surface area contributed by atoms with Crippen LogP contribution in [0, 0.1) is 0 Å². The molecule has 2 aromatic rings. The lowest BCUT2D eigenvalue weighted by Gasteiger charge is -2.20. The van der Waals surface area contributed by atoms with E-state index in [1.54, 1.807) is 31.2 Å². The first-order chi connectivity index (χ1) is 9.82. The third kappa shape index (κ3) is 3.36. The highest BCUT2D eigenvalue weighted by Gasteiger charge is 2.34. The second-order valence-electron chi connectivity index (χ2n) is 4.64. The minimum atomic E-state index is -4.49. The van der Waals surface area contributed by atoms with E-state index in [1.165, 1.54) is 13.3 Å². The van der Waals surface area contributed by atoms with Gasteiger partial charge in [-0.05, 0) is 30.7 Å². The molecule has 4 nitrogen and oxygen atoms in total. The predicted octanol–water partition coefficient (Wildman–Crippen LogP) is 3.21. The summed E-state index contributed by atoms with van der Waals surface area (Å²) in [6, 6.07) is 6.93. The molecule has 2 atom stereocenters. The van der Waals surface area contributed by atoms with E-state index < -0.39 is 24.0 Å². The maximum absolute atomic E-state index is 12.5. The largest absolute Gasteiger partial charge is 0.497 e. The number of alkyl halides is 3. The van der Waals surface area contributed by atoms with Gasteiger partial charge in [0.2, 0.25) is 0 Å². The van der Waals surface area contributed by atoms with Crippen molar-refractivity contribution in [1.29, 1.82) is 0 Å². The molecule has 0 aliphatic heterocycles. The number of hydrogen-bond donors (Lipinski definition) is 1. The molecule has 0 fully saturated rings. The molecular formula is C14H15F3N2O2. The van der Waals surface area contributed by atoms with Crippen LogP contribution in [-0.4, -0.2) is 22.0 Å². The van der Waals surface area contributed by atoms with E-state index in [-0.39, 0.29) is 0 Å². The van der Waals surface area contributed by atoms with E-state index in [9.17, 15) is 18.3 Å². The van der Waals surface area contributed by atoms with Crippen LogP contribution in [0.4, 0.5) is 13.2 Å². The second-order valence-corrected chi connectivity index (χ2v) is 4.64. The van der Waals surface area contributed by atoms with Crippen LogP contribution in [0.3, 0.4) is 0 Å². The van der Waals surface area contributed by atoms with Crippen molar-refractivity contribution in [3.8, 4) is 5.75 Å². The first kappa shape index (κ1) is 15.4. The molecule has 2 rings (SSSR count). The Labute approximate surface area is 119 Å². The number of aromatic nitrogens is 2. The fraction of sp³-hybridized carbons (Fsp3) is 0.357. The second kappa shape index (κ2) is 5.77. The maximum atomic E-state index is 12.5. The molecule has 0 bridgehead atoms.